The van der Waals surface area contributed by atoms with Gasteiger partial charge in [0, 0.05) is 25.4 Å². The fourth-order valence-corrected chi connectivity index (χ4v) is 4.18. The Bertz CT molecular complexity index is 1120. The van der Waals surface area contributed by atoms with Gasteiger partial charge in [-0.3, -0.25) is 15.1 Å². The second-order valence-corrected chi connectivity index (χ2v) is 7.63. The molecule has 0 radical (unpaired) electrons. The van der Waals surface area contributed by atoms with Crippen LogP contribution in [-0.2, 0) is 0 Å². The SMILES string of the molecule is COc1cc([N+](=O)[O-])ccc1-c1ccc([C@H]2[C@@H](c3ccccn3)NC(=S)N2CCCO)o1. The van der Waals surface area contributed by atoms with Gasteiger partial charge in [-0.1, -0.05) is 6.07 Å². The molecule has 2 aromatic heterocycles. The van der Waals surface area contributed by atoms with E-state index in [0.29, 0.717) is 40.9 Å². The van der Waals surface area contributed by atoms with E-state index in [1.54, 1.807) is 18.3 Å². The highest BCUT2D eigenvalue weighted by atomic mass is 32.1. The highest BCUT2D eigenvalue weighted by Crippen LogP contribution is 2.42. The summed E-state index contributed by atoms with van der Waals surface area (Å²) in [5.41, 5.74) is 1.36. The van der Waals surface area contributed by atoms with E-state index < -0.39 is 4.92 Å². The number of rotatable bonds is 8. The van der Waals surface area contributed by atoms with Crippen LogP contribution in [0.2, 0.25) is 0 Å². The van der Waals surface area contributed by atoms with Gasteiger partial charge >= 0.3 is 0 Å². The van der Waals surface area contributed by atoms with E-state index in [1.165, 1.54) is 19.2 Å². The molecule has 0 unspecified atom stereocenters. The number of hydrogen-bond donors (Lipinski definition) is 2. The minimum Gasteiger partial charge on any atom is -0.496 e. The van der Waals surface area contributed by atoms with Crippen LogP contribution in [0.5, 0.6) is 5.75 Å². The van der Waals surface area contributed by atoms with E-state index in [1.807, 2.05) is 29.2 Å². The molecule has 1 saturated heterocycles. The summed E-state index contributed by atoms with van der Waals surface area (Å²) < 4.78 is 11.6. The summed E-state index contributed by atoms with van der Waals surface area (Å²) >= 11 is 5.57. The molecule has 4 rings (SSSR count). The topological polar surface area (TPSA) is 114 Å². The molecule has 0 spiro atoms. The lowest BCUT2D eigenvalue weighted by atomic mass is 10.0. The van der Waals surface area contributed by atoms with E-state index in [2.05, 4.69) is 10.3 Å². The Kier molecular flexibility index (Phi) is 6.33. The number of furan rings is 1. The lowest BCUT2D eigenvalue weighted by molar-refractivity contribution is -0.384. The average molecular weight is 455 g/mol. The quantitative estimate of drug-likeness (QED) is 0.299. The van der Waals surface area contributed by atoms with Crippen molar-refractivity contribution >= 4 is 23.0 Å². The Balaban J connectivity index is 1.72. The summed E-state index contributed by atoms with van der Waals surface area (Å²) in [5.74, 6) is 1.52. The first-order chi connectivity index (χ1) is 15.5. The van der Waals surface area contributed by atoms with Crippen LogP contribution in [-0.4, -0.2) is 45.3 Å². The van der Waals surface area contributed by atoms with Crippen molar-refractivity contribution < 1.29 is 19.2 Å². The largest absolute Gasteiger partial charge is 0.496 e. The fraction of sp³-hybridized carbons (Fsp3) is 0.273. The summed E-state index contributed by atoms with van der Waals surface area (Å²) in [4.78, 5) is 17.1. The molecule has 1 aromatic carbocycles. The standard InChI is InChI=1S/C22H22N4O5S/c1-30-19-13-14(26(28)29)6-7-15(19)17-8-9-18(31-17)21-20(16-5-2-3-10-23-16)24-22(32)25(21)11-4-12-27/h2-3,5-10,13,20-21,27H,4,11-12H2,1H3,(H,24,32)/t20-,21+/m1/s1. The molecule has 9 nitrogen and oxygen atoms in total. The maximum Gasteiger partial charge on any atom is 0.273 e. The third-order valence-electron chi connectivity index (χ3n) is 5.33. The fourth-order valence-electron chi connectivity index (χ4n) is 3.85. The number of nitro benzene ring substituents is 1. The van der Waals surface area contributed by atoms with E-state index in [9.17, 15) is 15.2 Å². The van der Waals surface area contributed by atoms with Gasteiger partial charge in [-0.15, -0.1) is 0 Å². The lowest BCUT2D eigenvalue weighted by Gasteiger charge is -2.25. The van der Waals surface area contributed by atoms with Gasteiger partial charge in [0.2, 0.25) is 0 Å². The molecule has 1 fully saturated rings. The Hall–Kier alpha value is -3.50. The van der Waals surface area contributed by atoms with Crippen LogP contribution in [0.4, 0.5) is 5.69 Å². The number of pyridine rings is 1. The van der Waals surface area contributed by atoms with Crippen molar-refractivity contribution in [2.75, 3.05) is 20.3 Å². The predicted octanol–water partition coefficient (Wildman–Crippen LogP) is 3.61. The number of nitro groups is 1. The first kappa shape index (κ1) is 21.7. The second kappa shape index (κ2) is 9.33. The van der Waals surface area contributed by atoms with Crippen LogP contribution >= 0.6 is 12.2 Å². The summed E-state index contributed by atoms with van der Waals surface area (Å²) in [7, 11) is 1.46. The molecule has 2 N–H and O–H groups in total. The summed E-state index contributed by atoms with van der Waals surface area (Å²) in [6.07, 6.45) is 2.28. The molecule has 0 bridgehead atoms. The first-order valence-corrected chi connectivity index (χ1v) is 10.5. The number of nitrogens with zero attached hydrogens (tertiary/aromatic N) is 3. The Morgan fingerprint density at radius 2 is 2.16 bits per heavy atom. The molecule has 0 saturated carbocycles. The maximum absolute atomic E-state index is 11.1. The van der Waals surface area contributed by atoms with Crippen molar-refractivity contribution in [3.05, 3.63) is 76.3 Å². The molecule has 0 amide bonds. The molecule has 1 aliphatic heterocycles. The number of aliphatic hydroxyl groups excluding tert-OH is 1. The zero-order valence-corrected chi connectivity index (χ0v) is 18.1. The lowest BCUT2D eigenvalue weighted by Crippen LogP contribution is -2.30. The van der Waals surface area contributed by atoms with Gasteiger partial charge in [-0.05, 0) is 49.0 Å². The molecule has 3 aromatic rings. The second-order valence-electron chi connectivity index (χ2n) is 7.24. The van der Waals surface area contributed by atoms with Gasteiger partial charge in [0.25, 0.3) is 5.69 Å². The predicted molar refractivity (Wildman–Crippen MR) is 121 cm³/mol. The summed E-state index contributed by atoms with van der Waals surface area (Å²) in [6.45, 7) is 0.594. The molecular weight excluding hydrogens is 432 g/mol. The first-order valence-electron chi connectivity index (χ1n) is 10.0. The van der Waals surface area contributed by atoms with Crippen LogP contribution in [0.3, 0.4) is 0 Å². The third-order valence-corrected chi connectivity index (χ3v) is 5.69. The van der Waals surface area contributed by atoms with E-state index in [-0.39, 0.29) is 24.4 Å². The highest BCUT2D eigenvalue weighted by Gasteiger charge is 2.41. The van der Waals surface area contributed by atoms with Gasteiger partial charge in [0.05, 0.1) is 35.4 Å². The summed E-state index contributed by atoms with van der Waals surface area (Å²) in [5, 5.41) is 24.3. The van der Waals surface area contributed by atoms with Crippen molar-refractivity contribution in [2.24, 2.45) is 0 Å². The van der Waals surface area contributed by atoms with Crippen LogP contribution in [0.1, 0.15) is 30.0 Å². The zero-order valence-electron chi connectivity index (χ0n) is 17.3. The smallest absolute Gasteiger partial charge is 0.273 e. The van der Waals surface area contributed by atoms with Crippen molar-refractivity contribution in [3.63, 3.8) is 0 Å². The molecule has 166 valence electrons. The Morgan fingerprint density at radius 3 is 2.84 bits per heavy atom. The van der Waals surface area contributed by atoms with Gasteiger partial charge in [0.1, 0.15) is 23.3 Å². The average Bonchev–Trinajstić information content (AvgIpc) is 3.42. The van der Waals surface area contributed by atoms with Gasteiger partial charge < -0.3 is 24.5 Å². The minimum atomic E-state index is -0.471. The number of aliphatic hydroxyl groups is 1. The van der Waals surface area contributed by atoms with Gasteiger partial charge in [0.15, 0.2) is 5.11 Å². The molecule has 32 heavy (non-hydrogen) atoms. The monoisotopic (exact) mass is 454 g/mol. The molecule has 3 heterocycles. The van der Waals surface area contributed by atoms with E-state index >= 15 is 0 Å². The normalized spacial score (nSPS) is 17.9. The van der Waals surface area contributed by atoms with Gasteiger partial charge in [-0.2, -0.15) is 0 Å². The Labute approximate surface area is 189 Å². The number of thiocarbonyl (C=S) groups is 1. The van der Waals surface area contributed by atoms with E-state index in [0.717, 1.165) is 5.69 Å². The van der Waals surface area contributed by atoms with E-state index in [4.69, 9.17) is 21.4 Å². The third kappa shape index (κ3) is 4.14. The van der Waals surface area contributed by atoms with Crippen LogP contribution in [0.15, 0.2) is 59.1 Å². The van der Waals surface area contributed by atoms with Crippen molar-refractivity contribution in [3.8, 4) is 17.1 Å². The number of methoxy groups -OCH3 is 1. The number of non-ortho nitro benzene ring substituents is 1. The summed E-state index contributed by atoms with van der Waals surface area (Å²) in [6, 6.07) is 13.2. The van der Waals surface area contributed by atoms with Crippen molar-refractivity contribution in [1.29, 1.82) is 0 Å². The number of aromatic nitrogens is 1. The molecule has 0 aliphatic carbocycles. The highest BCUT2D eigenvalue weighted by molar-refractivity contribution is 7.80. The molecule has 10 heteroatoms. The van der Waals surface area contributed by atoms with Crippen molar-refractivity contribution in [1.82, 2.24) is 15.2 Å². The zero-order chi connectivity index (χ0) is 22.7. The number of nitrogens with one attached hydrogen (secondary N) is 1. The van der Waals surface area contributed by atoms with Crippen LogP contribution in [0.25, 0.3) is 11.3 Å². The number of hydrogen-bond acceptors (Lipinski definition) is 7. The van der Waals surface area contributed by atoms with Gasteiger partial charge in [-0.25, -0.2) is 0 Å². The van der Waals surface area contributed by atoms with Crippen LogP contribution < -0.4 is 10.1 Å². The Morgan fingerprint density at radius 1 is 1.31 bits per heavy atom. The molecule has 2 atom stereocenters. The maximum atomic E-state index is 11.1. The minimum absolute atomic E-state index is 0.0451. The molecular formula is C22H22N4O5S. The number of benzene rings is 1. The van der Waals surface area contributed by atoms with Crippen molar-refractivity contribution in [2.45, 2.75) is 18.5 Å². The number of ether oxygens (including phenoxy) is 1. The molecule has 1 aliphatic rings. The van der Waals surface area contributed by atoms with Crippen LogP contribution in [0, 0.1) is 10.1 Å².